The number of carboxylic acid groups (broad SMARTS) is 1. The quantitative estimate of drug-likeness (QED) is 0.682. The summed E-state index contributed by atoms with van der Waals surface area (Å²) in [5.74, 6) is -0.809. The molecule has 6 nitrogen and oxygen atoms in total. The standard InChI is InChI=1S/C16H24N2O4/c1-4-5-10-18(3)11-22-14-8-6-13(7-9-14)15(19)17-12(2)16(20)21/h6-9,12H,4-5,10-11H2,1-3H3,(H,17,19)(H,20,21). The van der Waals surface area contributed by atoms with E-state index < -0.39 is 17.9 Å². The van der Waals surface area contributed by atoms with Crippen LogP contribution >= 0.6 is 0 Å². The number of nitrogens with zero attached hydrogens (tertiary/aromatic N) is 1. The van der Waals surface area contributed by atoms with Gasteiger partial charge < -0.3 is 15.2 Å². The molecular formula is C16H24N2O4. The van der Waals surface area contributed by atoms with Gasteiger partial charge in [-0.25, -0.2) is 0 Å². The topological polar surface area (TPSA) is 78.9 Å². The number of ether oxygens (including phenoxy) is 1. The van der Waals surface area contributed by atoms with Crippen molar-refractivity contribution < 1.29 is 19.4 Å². The molecule has 1 aromatic rings. The van der Waals surface area contributed by atoms with Crippen LogP contribution in [0.5, 0.6) is 5.75 Å². The van der Waals surface area contributed by atoms with Crippen molar-refractivity contribution in [3.05, 3.63) is 29.8 Å². The highest BCUT2D eigenvalue weighted by Crippen LogP contribution is 2.12. The first-order valence-corrected chi connectivity index (χ1v) is 7.39. The lowest BCUT2D eigenvalue weighted by atomic mass is 10.2. The predicted molar refractivity (Wildman–Crippen MR) is 84.0 cm³/mol. The Balaban J connectivity index is 2.49. The molecule has 0 saturated carbocycles. The first-order chi connectivity index (χ1) is 10.4. The predicted octanol–water partition coefficient (Wildman–Crippen LogP) is 1.96. The second-order valence-electron chi connectivity index (χ2n) is 5.26. The Labute approximate surface area is 131 Å². The normalized spacial score (nSPS) is 12.0. The van der Waals surface area contributed by atoms with E-state index in [4.69, 9.17) is 9.84 Å². The first kappa shape index (κ1) is 18.0. The van der Waals surface area contributed by atoms with Crippen LogP contribution in [0.4, 0.5) is 0 Å². The number of carboxylic acids is 1. The number of unbranched alkanes of at least 4 members (excludes halogenated alkanes) is 1. The fourth-order valence-electron chi connectivity index (χ4n) is 1.72. The van der Waals surface area contributed by atoms with Crippen LogP contribution in [-0.2, 0) is 4.79 Å². The van der Waals surface area contributed by atoms with E-state index in [1.54, 1.807) is 24.3 Å². The summed E-state index contributed by atoms with van der Waals surface area (Å²) in [4.78, 5) is 24.6. The third kappa shape index (κ3) is 6.13. The molecule has 6 heteroatoms. The van der Waals surface area contributed by atoms with Gasteiger partial charge in [0.2, 0.25) is 0 Å². The van der Waals surface area contributed by atoms with E-state index in [1.165, 1.54) is 6.92 Å². The summed E-state index contributed by atoms with van der Waals surface area (Å²) < 4.78 is 5.62. The van der Waals surface area contributed by atoms with Gasteiger partial charge in [0.15, 0.2) is 0 Å². The van der Waals surface area contributed by atoms with E-state index >= 15 is 0 Å². The number of aliphatic carboxylic acids is 1. The third-order valence-electron chi connectivity index (χ3n) is 3.18. The Bertz CT molecular complexity index is 487. The summed E-state index contributed by atoms with van der Waals surface area (Å²) >= 11 is 0. The Kier molecular flexibility index (Phi) is 7.39. The number of hydrogen-bond acceptors (Lipinski definition) is 4. The van der Waals surface area contributed by atoms with Crippen LogP contribution in [0.15, 0.2) is 24.3 Å². The van der Waals surface area contributed by atoms with Gasteiger partial charge in [-0.3, -0.25) is 14.5 Å². The molecule has 0 heterocycles. The van der Waals surface area contributed by atoms with E-state index in [0.717, 1.165) is 19.4 Å². The van der Waals surface area contributed by atoms with Gasteiger partial charge in [-0.15, -0.1) is 0 Å². The molecule has 2 N–H and O–H groups in total. The average Bonchev–Trinajstić information content (AvgIpc) is 2.51. The van der Waals surface area contributed by atoms with Crippen molar-refractivity contribution in [2.75, 3.05) is 20.3 Å². The molecule has 1 unspecified atom stereocenters. The maximum Gasteiger partial charge on any atom is 0.325 e. The van der Waals surface area contributed by atoms with Gasteiger partial charge in [0.25, 0.3) is 5.91 Å². The molecule has 0 bridgehead atoms. The van der Waals surface area contributed by atoms with Crippen LogP contribution in [0.3, 0.4) is 0 Å². The summed E-state index contributed by atoms with van der Waals surface area (Å²) in [7, 11) is 1.99. The molecule has 0 aliphatic carbocycles. The van der Waals surface area contributed by atoms with Crippen molar-refractivity contribution in [1.29, 1.82) is 0 Å². The zero-order valence-electron chi connectivity index (χ0n) is 13.3. The number of hydrogen-bond donors (Lipinski definition) is 2. The second kappa shape index (κ2) is 9.04. The van der Waals surface area contributed by atoms with Crippen LogP contribution < -0.4 is 10.1 Å². The van der Waals surface area contributed by atoms with Gasteiger partial charge in [0, 0.05) is 12.1 Å². The molecule has 0 spiro atoms. The lowest BCUT2D eigenvalue weighted by Crippen LogP contribution is -2.38. The third-order valence-corrected chi connectivity index (χ3v) is 3.18. The number of carbonyl (C=O) groups excluding carboxylic acids is 1. The zero-order valence-corrected chi connectivity index (χ0v) is 13.3. The van der Waals surface area contributed by atoms with Gasteiger partial charge in [-0.2, -0.15) is 0 Å². The SMILES string of the molecule is CCCCN(C)COc1ccc(C(=O)NC(C)C(=O)O)cc1. The van der Waals surface area contributed by atoms with Gasteiger partial charge in [-0.1, -0.05) is 13.3 Å². The Morgan fingerprint density at radius 2 is 1.95 bits per heavy atom. The molecular weight excluding hydrogens is 284 g/mol. The minimum atomic E-state index is -1.07. The lowest BCUT2D eigenvalue weighted by molar-refractivity contribution is -0.138. The van der Waals surface area contributed by atoms with Crippen molar-refractivity contribution in [2.45, 2.75) is 32.7 Å². The largest absolute Gasteiger partial charge is 0.480 e. The van der Waals surface area contributed by atoms with E-state index in [2.05, 4.69) is 17.1 Å². The van der Waals surface area contributed by atoms with Crippen LogP contribution in [0.25, 0.3) is 0 Å². The van der Waals surface area contributed by atoms with Gasteiger partial charge >= 0.3 is 5.97 Å². The van der Waals surface area contributed by atoms with Crippen LogP contribution in [-0.4, -0.2) is 48.2 Å². The number of nitrogens with one attached hydrogen (secondary N) is 1. The van der Waals surface area contributed by atoms with Gasteiger partial charge in [0.1, 0.15) is 18.5 Å². The first-order valence-electron chi connectivity index (χ1n) is 7.39. The average molecular weight is 308 g/mol. The molecule has 0 fully saturated rings. The summed E-state index contributed by atoms with van der Waals surface area (Å²) in [6.45, 7) is 5.03. The summed E-state index contributed by atoms with van der Waals surface area (Å²) in [5, 5.41) is 11.2. The van der Waals surface area contributed by atoms with Gasteiger partial charge in [0.05, 0.1) is 0 Å². The highest BCUT2D eigenvalue weighted by atomic mass is 16.5. The molecule has 1 aromatic carbocycles. The number of benzene rings is 1. The van der Waals surface area contributed by atoms with Crippen molar-refractivity contribution in [3.63, 3.8) is 0 Å². The Morgan fingerprint density at radius 3 is 2.50 bits per heavy atom. The molecule has 22 heavy (non-hydrogen) atoms. The van der Waals surface area contributed by atoms with Crippen molar-refractivity contribution in [2.24, 2.45) is 0 Å². The van der Waals surface area contributed by atoms with Crippen LogP contribution in [0.2, 0.25) is 0 Å². The number of carbonyl (C=O) groups is 2. The van der Waals surface area contributed by atoms with Crippen LogP contribution in [0.1, 0.15) is 37.0 Å². The fraction of sp³-hybridized carbons (Fsp3) is 0.500. The molecule has 1 atom stereocenters. The maximum absolute atomic E-state index is 11.8. The zero-order chi connectivity index (χ0) is 16.5. The summed E-state index contributed by atoms with van der Waals surface area (Å²) in [6, 6.07) is 5.72. The molecule has 0 saturated heterocycles. The number of rotatable bonds is 9. The van der Waals surface area contributed by atoms with Crippen molar-refractivity contribution in [3.8, 4) is 5.75 Å². The minimum Gasteiger partial charge on any atom is -0.480 e. The Morgan fingerprint density at radius 1 is 1.32 bits per heavy atom. The lowest BCUT2D eigenvalue weighted by Gasteiger charge is -2.17. The molecule has 0 aromatic heterocycles. The highest BCUT2D eigenvalue weighted by molar-refractivity contribution is 5.96. The summed E-state index contributed by atoms with van der Waals surface area (Å²) in [5.41, 5.74) is 0.403. The molecule has 0 aliphatic rings. The Hall–Kier alpha value is -2.08. The molecule has 122 valence electrons. The van der Waals surface area contributed by atoms with E-state index in [-0.39, 0.29) is 0 Å². The smallest absolute Gasteiger partial charge is 0.325 e. The van der Waals surface area contributed by atoms with E-state index in [1.807, 2.05) is 7.05 Å². The van der Waals surface area contributed by atoms with E-state index in [9.17, 15) is 9.59 Å². The van der Waals surface area contributed by atoms with Crippen molar-refractivity contribution in [1.82, 2.24) is 10.2 Å². The summed E-state index contributed by atoms with van der Waals surface area (Å²) in [6.07, 6.45) is 2.27. The number of amides is 1. The van der Waals surface area contributed by atoms with Crippen molar-refractivity contribution >= 4 is 11.9 Å². The highest BCUT2D eigenvalue weighted by Gasteiger charge is 2.15. The second-order valence-corrected chi connectivity index (χ2v) is 5.26. The molecule has 1 amide bonds. The minimum absolute atomic E-state index is 0.403. The molecule has 1 rings (SSSR count). The molecule has 0 radical (unpaired) electrons. The molecule has 0 aliphatic heterocycles. The van der Waals surface area contributed by atoms with Crippen LogP contribution in [0, 0.1) is 0 Å². The fourth-order valence-corrected chi connectivity index (χ4v) is 1.72. The maximum atomic E-state index is 11.8. The van der Waals surface area contributed by atoms with E-state index in [0.29, 0.717) is 18.0 Å². The monoisotopic (exact) mass is 308 g/mol. The van der Waals surface area contributed by atoms with Gasteiger partial charge in [-0.05, 0) is 44.7 Å².